The van der Waals surface area contributed by atoms with Crippen LogP contribution in [-0.2, 0) is 0 Å². The minimum Gasteiger partial charge on any atom is -0.395 e. The first-order valence-electron chi connectivity index (χ1n) is 2.29. The number of nitrogens with two attached hydrogens (primary N) is 1. The van der Waals surface area contributed by atoms with Crippen LogP contribution < -0.4 is 5.73 Å². The average molecular weight is 137 g/mol. The Morgan fingerprint density at radius 3 is 2.25 bits per heavy atom. The molecule has 0 aliphatic rings. The second kappa shape index (κ2) is 2.68. The van der Waals surface area contributed by atoms with Crippen LogP contribution in [0.4, 0.5) is 0 Å². The normalized spacial score (nSPS) is 22.1. The molecule has 0 saturated carbocycles. The number of aliphatic hydroxyl groups excluding tert-OH is 1. The summed E-state index contributed by atoms with van der Waals surface area (Å²) < 4.78 is 0. The Morgan fingerprint density at radius 2 is 2.25 bits per heavy atom. The molecule has 8 heavy (non-hydrogen) atoms. The van der Waals surface area contributed by atoms with Gasteiger partial charge in [-0.05, 0) is 6.92 Å². The van der Waals surface area contributed by atoms with Crippen molar-refractivity contribution in [2.24, 2.45) is 5.73 Å². The van der Waals surface area contributed by atoms with Crippen molar-refractivity contribution in [1.29, 1.82) is 0 Å². The quantitative estimate of drug-likeness (QED) is 0.290. The number of thiol groups is 1. The highest BCUT2D eigenvalue weighted by Crippen LogP contribution is 2.10. The van der Waals surface area contributed by atoms with E-state index in [0.29, 0.717) is 0 Å². The minimum atomic E-state index is -1.27. The van der Waals surface area contributed by atoms with Crippen molar-refractivity contribution in [3.05, 3.63) is 0 Å². The fourth-order valence-corrected chi connectivity index (χ4v) is 0.255. The van der Waals surface area contributed by atoms with Crippen LogP contribution in [0.1, 0.15) is 6.92 Å². The summed E-state index contributed by atoms with van der Waals surface area (Å²) in [5, 5.41) is 17.2. The summed E-state index contributed by atoms with van der Waals surface area (Å²) >= 11 is 3.70. The molecule has 0 spiro atoms. The minimum absolute atomic E-state index is 0.253. The molecule has 0 amide bonds. The van der Waals surface area contributed by atoms with Gasteiger partial charge in [-0.1, -0.05) is 0 Å². The van der Waals surface area contributed by atoms with Crippen LogP contribution in [0.25, 0.3) is 0 Å². The van der Waals surface area contributed by atoms with Crippen LogP contribution >= 0.6 is 12.6 Å². The Hall–Kier alpha value is 0.230. The maximum atomic E-state index is 8.87. The molecule has 4 N–H and O–H groups in total. The predicted octanol–water partition coefficient (Wildman–Crippen LogP) is -1.06. The Bertz CT molecular complexity index is 70.9. The van der Waals surface area contributed by atoms with Crippen molar-refractivity contribution in [2.75, 3.05) is 6.61 Å². The molecule has 50 valence electrons. The van der Waals surface area contributed by atoms with Crippen molar-refractivity contribution < 1.29 is 10.2 Å². The Labute approximate surface area is 53.9 Å². The fourth-order valence-electron chi connectivity index (χ4n) is 0.173. The molecule has 0 fully saturated rings. The van der Waals surface area contributed by atoms with E-state index >= 15 is 0 Å². The summed E-state index contributed by atoms with van der Waals surface area (Å²) in [6.07, 6.45) is 0. The van der Waals surface area contributed by atoms with Gasteiger partial charge in [-0.25, -0.2) is 0 Å². The van der Waals surface area contributed by atoms with E-state index in [0.717, 1.165) is 0 Å². The van der Waals surface area contributed by atoms with Crippen LogP contribution in [0, 0.1) is 0 Å². The molecule has 0 aromatic heterocycles. The first-order valence-corrected chi connectivity index (χ1v) is 2.74. The summed E-state index contributed by atoms with van der Waals surface area (Å²) in [7, 11) is 0. The number of aliphatic hydroxyl groups is 2. The van der Waals surface area contributed by atoms with E-state index in [-0.39, 0.29) is 6.61 Å². The number of hydrogen-bond donors (Lipinski definition) is 4. The van der Waals surface area contributed by atoms with Gasteiger partial charge in [0.15, 0.2) is 0 Å². The maximum absolute atomic E-state index is 8.87. The van der Waals surface area contributed by atoms with E-state index in [9.17, 15) is 0 Å². The molecule has 2 unspecified atom stereocenters. The van der Waals surface area contributed by atoms with Gasteiger partial charge in [0.1, 0.15) is 4.93 Å². The smallest absolute Gasteiger partial charge is 0.122 e. The van der Waals surface area contributed by atoms with E-state index in [1.165, 1.54) is 6.92 Å². The van der Waals surface area contributed by atoms with E-state index in [4.69, 9.17) is 15.9 Å². The molecule has 0 aliphatic heterocycles. The zero-order valence-corrected chi connectivity index (χ0v) is 5.60. The Balaban J connectivity index is 3.62. The SMILES string of the molecule is CC(O)(S)C(N)CO. The van der Waals surface area contributed by atoms with Gasteiger partial charge in [0.25, 0.3) is 0 Å². The highest BCUT2D eigenvalue weighted by atomic mass is 32.1. The Morgan fingerprint density at radius 1 is 1.88 bits per heavy atom. The lowest BCUT2D eigenvalue weighted by molar-refractivity contribution is 0.0960. The van der Waals surface area contributed by atoms with Gasteiger partial charge in [0.05, 0.1) is 12.6 Å². The standard InChI is InChI=1S/C4H11NO2S/c1-4(7,8)3(5)2-6/h3,6-8H,2,5H2,1H3. The van der Waals surface area contributed by atoms with E-state index < -0.39 is 11.0 Å². The lowest BCUT2D eigenvalue weighted by Gasteiger charge is -2.21. The molecule has 0 radical (unpaired) electrons. The van der Waals surface area contributed by atoms with Gasteiger partial charge >= 0.3 is 0 Å². The number of rotatable bonds is 2. The van der Waals surface area contributed by atoms with Crippen LogP contribution in [0.15, 0.2) is 0 Å². The highest BCUT2D eigenvalue weighted by molar-refractivity contribution is 7.81. The summed E-state index contributed by atoms with van der Waals surface area (Å²) in [5.41, 5.74) is 5.17. The monoisotopic (exact) mass is 137 g/mol. The second-order valence-corrected chi connectivity index (χ2v) is 2.79. The Kier molecular flexibility index (Phi) is 2.76. The van der Waals surface area contributed by atoms with Gasteiger partial charge in [0, 0.05) is 0 Å². The lowest BCUT2D eigenvalue weighted by Crippen LogP contribution is -2.43. The van der Waals surface area contributed by atoms with E-state index in [1.807, 2.05) is 0 Å². The topological polar surface area (TPSA) is 66.5 Å². The van der Waals surface area contributed by atoms with Crippen LogP contribution in [0.3, 0.4) is 0 Å². The van der Waals surface area contributed by atoms with Gasteiger partial charge in [0.2, 0.25) is 0 Å². The summed E-state index contributed by atoms with van der Waals surface area (Å²) in [5.74, 6) is 0. The van der Waals surface area contributed by atoms with E-state index in [1.54, 1.807) is 0 Å². The molecule has 0 bridgehead atoms. The van der Waals surface area contributed by atoms with Crippen LogP contribution in [0.5, 0.6) is 0 Å². The highest BCUT2D eigenvalue weighted by Gasteiger charge is 2.22. The molecule has 0 heterocycles. The summed E-state index contributed by atoms with van der Waals surface area (Å²) in [6, 6.07) is -0.675. The van der Waals surface area contributed by atoms with Gasteiger partial charge in [-0.15, -0.1) is 12.6 Å². The average Bonchev–Trinajstić information content (AvgIpc) is 1.62. The molecular formula is C4H11NO2S. The largest absolute Gasteiger partial charge is 0.395 e. The van der Waals surface area contributed by atoms with Gasteiger partial charge in [-0.3, -0.25) is 0 Å². The lowest BCUT2D eigenvalue weighted by atomic mass is 10.2. The fraction of sp³-hybridized carbons (Fsp3) is 1.00. The molecule has 0 aliphatic carbocycles. The molecule has 4 heteroatoms. The molecule has 3 nitrogen and oxygen atoms in total. The maximum Gasteiger partial charge on any atom is 0.122 e. The summed E-state index contributed by atoms with van der Waals surface area (Å²) in [6.45, 7) is 1.17. The van der Waals surface area contributed by atoms with E-state index in [2.05, 4.69) is 12.6 Å². The third kappa shape index (κ3) is 2.52. The zero-order valence-electron chi connectivity index (χ0n) is 4.70. The molecule has 0 aromatic carbocycles. The van der Waals surface area contributed by atoms with Gasteiger partial charge in [-0.2, -0.15) is 0 Å². The first kappa shape index (κ1) is 8.23. The third-order valence-corrected chi connectivity index (χ3v) is 1.23. The molecule has 0 saturated heterocycles. The van der Waals surface area contributed by atoms with Crippen molar-refractivity contribution in [3.63, 3.8) is 0 Å². The predicted molar refractivity (Wildman–Crippen MR) is 34.7 cm³/mol. The van der Waals surface area contributed by atoms with Crippen molar-refractivity contribution >= 4 is 12.6 Å². The van der Waals surface area contributed by atoms with Crippen molar-refractivity contribution in [3.8, 4) is 0 Å². The zero-order chi connectivity index (χ0) is 6.78. The molecule has 0 rings (SSSR count). The molecule has 0 aromatic rings. The van der Waals surface area contributed by atoms with Crippen molar-refractivity contribution in [1.82, 2.24) is 0 Å². The van der Waals surface area contributed by atoms with Gasteiger partial charge < -0.3 is 15.9 Å². The van der Waals surface area contributed by atoms with Crippen LogP contribution in [0.2, 0.25) is 0 Å². The first-order chi connectivity index (χ1) is 3.48. The van der Waals surface area contributed by atoms with Crippen molar-refractivity contribution in [2.45, 2.75) is 17.9 Å². The number of hydrogen-bond acceptors (Lipinski definition) is 4. The molecular weight excluding hydrogens is 126 g/mol. The third-order valence-electron chi connectivity index (χ3n) is 0.899. The van der Waals surface area contributed by atoms with Crippen LogP contribution in [-0.4, -0.2) is 27.8 Å². The summed E-state index contributed by atoms with van der Waals surface area (Å²) in [4.78, 5) is -1.27. The molecule has 2 atom stereocenters. The second-order valence-electron chi connectivity index (χ2n) is 1.88.